The average Bonchev–Trinajstić information content (AvgIpc) is 2.39. The van der Waals surface area contributed by atoms with Crippen LogP contribution in [0.3, 0.4) is 0 Å². The highest BCUT2D eigenvalue weighted by Gasteiger charge is 2.14. The normalized spacial score (nSPS) is 11.7. The fraction of sp³-hybridized carbons (Fsp3) is 0.143. The van der Waals surface area contributed by atoms with E-state index in [4.69, 9.17) is 10.00 Å². The van der Waals surface area contributed by atoms with Gasteiger partial charge in [-0.15, -0.1) is 0 Å². The standard InChI is InChI=1S/C14H11FN2O2/c1-9(18)10-4-3-7-17-14(10)19-13-6-2-5-12(15)11(13)8-16/h2-7,9,18H,1H3/t9-/m0/s1. The van der Waals surface area contributed by atoms with E-state index in [9.17, 15) is 9.50 Å². The summed E-state index contributed by atoms with van der Waals surface area (Å²) < 4.78 is 18.9. The maximum absolute atomic E-state index is 13.4. The van der Waals surface area contributed by atoms with Crippen LogP contribution in [0.15, 0.2) is 36.5 Å². The molecule has 0 saturated heterocycles. The molecule has 0 fully saturated rings. The summed E-state index contributed by atoms with van der Waals surface area (Å²) in [6.45, 7) is 1.57. The van der Waals surface area contributed by atoms with E-state index in [1.807, 2.05) is 0 Å². The summed E-state index contributed by atoms with van der Waals surface area (Å²) in [4.78, 5) is 3.99. The van der Waals surface area contributed by atoms with Crippen molar-refractivity contribution in [1.29, 1.82) is 5.26 Å². The SMILES string of the molecule is C[C@H](O)c1cccnc1Oc1cccc(F)c1C#N. The molecule has 0 saturated carbocycles. The van der Waals surface area contributed by atoms with Gasteiger partial charge in [-0.3, -0.25) is 0 Å². The van der Waals surface area contributed by atoms with E-state index in [2.05, 4.69) is 4.98 Å². The molecule has 2 rings (SSSR count). The maximum Gasteiger partial charge on any atom is 0.225 e. The van der Waals surface area contributed by atoms with E-state index in [-0.39, 0.29) is 17.2 Å². The summed E-state index contributed by atoms with van der Waals surface area (Å²) in [5, 5.41) is 18.5. The molecule has 0 bridgehead atoms. The van der Waals surface area contributed by atoms with Crippen molar-refractivity contribution in [3.05, 3.63) is 53.5 Å². The summed E-state index contributed by atoms with van der Waals surface area (Å²) in [7, 11) is 0. The number of aliphatic hydroxyl groups excluding tert-OH is 1. The van der Waals surface area contributed by atoms with Crippen molar-refractivity contribution in [2.24, 2.45) is 0 Å². The second-order valence-electron chi connectivity index (χ2n) is 3.90. The molecule has 1 heterocycles. The molecule has 2 aromatic rings. The Kier molecular flexibility index (Phi) is 3.74. The quantitative estimate of drug-likeness (QED) is 0.919. The Morgan fingerprint density at radius 3 is 2.84 bits per heavy atom. The lowest BCUT2D eigenvalue weighted by molar-refractivity contribution is 0.194. The highest BCUT2D eigenvalue weighted by atomic mass is 19.1. The zero-order valence-corrected chi connectivity index (χ0v) is 10.2. The van der Waals surface area contributed by atoms with E-state index >= 15 is 0 Å². The predicted octanol–water partition coefficient (Wildman–Crippen LogP) is 2.94. The average molecular weight is 258 g/mol. The number of benzene rings is 1. The summed E-state index contributed by atoms with van der Waals surface area (Å²) >= 11 is 0. The molecular weight excluding hydrogens is 247 g/mol. The Labute approximate surface area is 109 Å². The van der Waals surface area contributed by atoms with Crippen LogP contribution in [0.4, 0.5) is 4.39 Å². The van der Waals surface area contributed by atoms with Gasteiger partial charge in [0, 0.05) is 11.8 Å². The zero-order valence-electron chi connectivity index (χ0n) is 10.2. The lowest BCUT2D eigenvalue weighted by Crippen LogP contribution is -1.99. The Morgan fingerprint density at radius 2 is 2.16 bits per heavy atom. The number of aromatic nitrogens is 1. The van der Waals surface area contributed by atoms with E-state index in [0.717, 1.165) is 0 Å². The number of nitriles is 1. The van der Waals surface area contributed by atoms with Crippen molar-refractivity contribution in [3.8, 4) is 17.7 Å². The van der Waals surface area contributed by atoms with Crippen LogP contribution in [0, 0.1) is 17.1 Å². The van der Waals surface area contributed by atoms with Gasteiger partial charge in [0.1, 0.15) is 23.2 Å². The highest BCUT2D eigenvalue weighted by Crippen LogP contribution is 2.30. The first kappa shape index (κ1) is 13.0. The largest absolute Gasteiger partial charge is 0.437 e. The van der Waals surface area contributed by atoms with Crippen LogP contribution in [0.2, 0.25) is 0 Å². The number of nitrogens with zero attached hydrogens (tertiary/aromatic N) is 2. The lowest BCUT2D eigenvalue weighted by atomic mass is 10.1. The fourth-order valence-corrected chi connectivity index (χ4v) is 1.61. The third-order valence-corrected chi connectivity index (χ3v) is 2.54. The van der Waals surface area contributed by atoms with E-state index in [1.54, 1.807) is 25.1 Å². The minimum Gasteiger partial charge on any atom is -0.437 e. The molecule has 0 aliphatic carbocycles. The van der Waals surface area contributed by atoms with Crippen LogP contribution in [0.1, 0.15) is 24.2 Å². The first-order valence-corrected chi connectivity index (χ1v) is 5.63. The summed E-state index contributed by atoms with van der Waals surface area (Å²) in [6.07, 6.45) is 0.717. The molecule has 0 aliphatic rings. The van der Waals surface area contributed by atoms with Gasteiger partial charge in [0.15, 0.2) is 0 Å². The first-order chi connectivity index (χ1) is 9.13. The lowest BCUT2D eigenvalue weighted by Gasteiger charge is -2.12. The zero-order chi connectivity index (χ0) is 13.8. The molecule has 1 atom stereocenters. The van der Waals surface area contributed by atoms with Gasteiger partial charge in [-0.25, -0.2) is 9.37 Å². The number of hydrogen-bond acceptors (Lipinski definition) is 4. The third kappa shape index (κ3) is 2.69. The minimum absolute atomic E-state index is 0.0723. The molecule has 0 amide bonds. The molecule has 0 spiro atoms. The molecule has 0 unspecified atom stereocenters. The number of ether oxygens (including phenoxy) is 1. The minimum atomic E-state index is -0.775. The molecule has 1 aromatic heterocycles. The van der Waals surface area contributed by atoms with Gasteiger partial charge < -0.3 is 9.84 Å². The molecule has 1 aromatic carbocycles. The molecule has 4 nitrogen and oxygen atoms in total. The summed E-state index contributed by atoms with van der Waals surface area (Å²) in [6, 6.07) is 9.15. The van der Waals surface area contributed by atoms with Crippen molar-refractivity contribution in [3.63, 3.8) is 0 Å². The van der Waals surface area contributed by atoms with E-state index in [1.165, 1.54) is 24.4 Å². The van der Waals surface area contributed by atoms with Crippen LogP contribution in [0.25, 0.3) is 0 Å². The highest BCUT2D eigenvalue weighted by molar-refractivity contribution is 5.46. The molecular formula is C14H11FN2O2. The van der Waals surface area contributed by atoms with Crippen LogP contribution in [-0.4, -0.2) is 10.1 Å². The number of pyridine rings is 1. The molecule has 0 radical (unpaired) electrons. The Morgan fingerprint density at radius 1 is 1.37 bits per heavy atom. The number of hydrogen-bond donors (Lipinski definition) is 1. The monoisotopic (exact) mass is 258 g/mol. The van der Waals surface area contributed by atoms with Gasteiger partial charge in [-0.2, -0.15) is 5.26 Å². The van der Waals surface area contributed by atoms with Crippen LogP contribution >= 0.6 is 0 Å². The summed E-state index contributed by atoms with van der Waals surface area (Å²) in [5.41, 5.74) is 0.278. The second kappa shape index (κ2) is 5.46. The van der Waals surface area contributed by atoms with Gasteiger partial charge in [0.2, 0.25) is 5.88 Å². The van der Waals surface area contributed by atoms with E-state index < -0.39 is 11.9 Å². The number of halogens is 1. The Hall–Kier alpha value is -2.45. The topological polar surface area (TPSA) is 66.1 Å². The van der Waals surface area contributed by atoms with Gasteiger partial charge in [-0.05, 0) is 31.2 Å². The van der Waals surface area contributed by atoms with Crippen molar-refractivity contribution < 1.29 is 14.2 Å². The molecule has 96 valence electrons. The first-order valence-electron chi connectivity index (χ1n) is 5.63. The molecule has 0 aliphatic heterocycles. The van der Waals surface area contributed by atoms with Crippen LogP contribution < -0.4 is 4.74 Å². The van der Waals surface area contributed by atoms with Gasteiger partial charge >= 0.3 is 0 Å². The predicted molar refractivity (Wildman–Crippen MR) is 66.1 cm³/mol. The summed E-state index contributed by atoms with van der Waals surface area (Å²) in [5.74, 6) is -0.433. The maximum atomic E-state index is 13.4. The van der Waals surface area contributed by atoms with Crippen molar-refractivity contribution in [2.45, 2.75) is 13.0 Å². The fourth-order valence-electron chi connectivity index (χ4n) is 1.61. The van der Waals surface area contributed by atoms with E-state index in [0.29, 0.717) is 5.56 Å². The third-order valence-electron chi connectivity index (χ3n) is 2.54. The smallest absolute Gasteiger partial charge is 0.225 e. The number of aliphatic hydroxyl groups is 1. The molecule has 1 N–H and O–H groups in total. The number of rotatable bonds is 3. The van der Waals surface area contributed by atoms with Gasteiger partial charge in [0.25, 0.3) is 0 Å². The second-order valence-corrected chi connectivity index (χ2v) is 3.90. The van der Waals surface area contributed by atoms with Crippen LogP contribution in [0.5, 0.6) is 11.6 Å². The van der Waals surface area contributed by atoms with Gasteiger partial charge in [-0.1, -0.05) is 6.07 Å². The Bertz CT molecular complexity index is 636. The Balaban J connectivity index is 2.43. The van der Waals surface area contributed by atoms with Crippen molar-refractivity contribution in [2.75, 3.05) is 0 Å². The van der Waals surface area contributed by atoms with Crippen molar-refractivity contribution >= 4 is 0 Å². The van der Waals surface area contributed by atoms with Gasteiger partial charge in [0.05, 0.1) is 6.10 Å². The molecule has 5 heteroatoms. The van der Waals surface area contributed by atoms with Crippen molar-refractivity contribution in [1.82, 2.24) is 4.98 Å². The van der Waals surface area contributed by atoms with Crippen LogP contribution in [-0.2, 0) is 0 Å². The molecule has 19 heavy (non-hydrogen) atoms.